The Hall–Kier alpha value is -0.770. The van der Waals surface area contributed by atoms with Crippen LogP contribution in [-0.2, 0) is 4.74 Å². The van der Waals surface area contributed by atoms with E-state index in [9.17, 15) is 4.79 Å². The summed E-state index contributed by atoms with van der Waals surface area (Å²) in [6.45, 7) is 5.64. The van der Waals surface area contributed by atoms with Gasteiger partial charge in [-0.05, 0) is 46.8 Å². The van der Waals surface area contributed by atoms with Gasteiger partial charge < -0.3 is 15.0 Å². The first kappa shape index (κ1) is 14.2. The Morgan fingerprint density at radius 2 is 2.07 bits per heavy atom. The van der Waals surface area contributed by atoms with Gasteiger partial charge in [0.15, 0.2) is 0 Å². The van der Waals surface area contributed by atoms with Crippen LogP contribution in [0.25, 0.3) is 0 Å². The molecule has 1 unspecified atom stereocenters. The molecule has 0 aromatic heterocycles. The molecule has 0 bridgehead atoms. The standard InChI is InChI=1S/C11H24N2O2/c1-5-10(2)15-11(14)12-8-6-7-9-13(3)4/h10H,5-9H2,1-4H3,(H,12,14). The molecule has 0 fully saturated rings. The molecule has 0 aromatic carbocycles. The quantitative estimate of drug-likeness (QED) is 0.660. The number of nitrogens with zero attached hydrogens (tertiary/aromatic N) is 1. The number of amides is 1. The summed E-state index contributed by atoms with van der Waals surface area (Å²) in [7, 11) is 4.09. The zero-order chi connectivity index (χ0) is 11.7. The summed E-state index contributed by atoms with van der Waals surface area (Å²) in [6, 6.07) is 0. The van der Waals surface area contributed by atoms with E-state index in [2.05, 4.69) is 10.2 Å². The Bertz CT molecular complexity index is 172. The average molecular weight is 216 g/mol. The second kappa shape index (κ2) is 8.53. The van der Waals surface area contributed by atoms with E-state index < -0.39 is 0 Å². The van der Waals surface area contributed by atoms with Gasteiger partial charge in [0.05, 0.1) is 0 Å². The minimum Gasteiger partial charge on any atom is -0.447 e. The van der Waals surface area contributed by atoms with Gasteiger partial charge in [0.2, 0.25) is 0 Å². The van der Waals surface area contributed by atoms with Crippen LogP contribution < -0.4 is 5.32 Å². The fraction of sp³-hybridized carbons (Fsp3) is 0.909. The summed E-state index contributed by atoms with van der Waals surface area (Å²) in [5.41, 5.74) is 0. The normalized spacial score (nSPS) is 12.6. The lowest BCUT2D eigenvalue weighted by Crippen LogP contribution is -2.28. The molecule has 1 N–H and O–H groups in total. The number of carbonyl (C=O) groups excluding carboxylic acids is 1. The van der Waals surface area contributed by atoms with E-state index in [0.717, 1.165) is 25.8 Å². The maximum absolute atomic E-state index is 11.2. The third-order valence-electron chi connectivity index (χ3n) is 2.18. The molecule has 1 amide bonds. The molecule has 4 nitrogen and oxygen atoms in total. The first-order valence-electron chi connectivity index (χ1n) is 5.65. The Labute approximate surface area is 93.0 Å². The monoisotopic (exact) mass is 216 g/mol. The van der Waals surface area contributed by atoms with E-state index >= 15 is 0 Å². The first-order valence-corrected chi connectivity index (χ1v) is 5.65. The van der Waals surface area contributed by atoms with Gasteiger partial charge in [-0.25, -0.2) is 4.79 Å². The highest BCUT2D eigenvalue weighted by molar-refractivity contribution is 5.67. The summed E-state index contributed by atoms with van der Waals surface area (Å²) >= 11 is 0. The van der Waals surface area contributed by atoms with Crippen LogP contribution in [-0.4, -0.2) is 44.3 Å². The van der Waals surface area contributed by atoms with Crippen molar-refractivity contribution in [3.8, 4) is 0 Å². The number of ether oxygens (including phenoxy) is 1. The smallest absolute Gasteiger partial charge is 0.407 e. The van der Waals surface area contributed by atoms with Crippen molar-refractivity contribution in [2.45, 2.75) is 39.2 Å². The minimum absolute atomic E-state index is 0.00627. The third-order valence-corrected chi connectivity index (χ3v) is 2.18. The van der Waals surface area contributed by atoms with Crippen LogP contribution in [0.2, 0.25) is 0 Å². The fourth-order valence-corrected chi connectivity index (χ4v) is 1.05. The molecule has 0 aliphatic heterocycles. The molecule has 0 rings (SSSR count). The second-order valence-corrected chi connectivity index (χ2v) is 4.06. The predicted octanol–water partition coefficient (Wildman–Crippen LogP) is 1.85. The van der Waals surface area contributed by atoms with Gasteiger partial charge in [0.25, 0.3) is 0 Å². The van der Waals surface area contributed by atoms with Crippen molar-refractivity contribution in [2.24, 2.45) is 0 Å². The third kappa shape index (κ3) is 9.53. The summed E-state index contributed by atoms with van der Waals surface area (Å²) in [6.07, 6.45) is 2.65. The van der Waals surface area contributed by atoms with Gasteiger partial charge in [-0.15, -0.1) is 0 Å². The van der Waals surface area contributed by atoms with Gasteiger partial charge in [-0.2, -0.15) is 0 Å². The van der Waals surface area contributed by atoms with E-state index in [1.165, 1.54) is 0 Å². The molecule has 0 aliphatic carbocycles. The molecule has 0 radical (unpaired) electrons. The molecule has 0 heterocycles. The molecule has 0 aliphatic rings. The zero-order valence-electron chi connectivity index (χ0n) is 10.4. The minimum atomic E-state index is -0.297. The van der Waals surface area contributed by atoms with Crippen molar-refractivity contribution in [2.75, 3.05) is 27.2 Å². The molecular formula is C11H24N2O2. The number of alkyl carbamates (subject to hydrolysis) is 1. The van der Waals surface area contributed by atoms with Crippen molar-refractivity contribution in [3.05, 3.63) is 0 Å². The number of carbonyl (C=O) groups is 1. The topological polar surface area (TPSA) is 41.6 Å². The number of unbranched alkanes of at least 4 members (excludes halogenated alkanes) is 1. The average Bonchev–Trinajstić information content (AvgIpc) is 2.16. The Morgan fingerprint density at radius 1 is 1.40 bits per heavy atom. The Balaban J connectivity index is 3.31. The van der Waals surface area contributed by atoms with Crippen LogP contribution in [0.3, 0.4) is 0 Å². The van der Waals surface area contributed by atoms with E-state index in [1.54, 1.807) is 0 Å². The lowest BCUT2D eigenvalue weighted by atomic mass is 10.3. The van der Waals surface area contributed by atoms with Crippen LogP contribution in [0.5, 0.6) is 0 Å². The van der Waals surface area contributed by atoms with E-state index in [-0.39, 0.29) is 12.2 Å². The lowest BCUT2D eigenvalue weighted by Gasteiger charge is -2.12. The summed E-state index contributed by atoms with van der Waals surface area (Å²) in [5, 5.41) is 2.74. The highest BCUT2D eigenvalue weighted by Gasteiger charge is 2.05. The number of rotatable bonds is 7. The van der Waals surface area contributed by atoms with Crippen molar-refractivity contribution < 1.29 is 9.53 Å². The summed E-state index contributed by atoms with van der Waals surface area (Å²) < 4.78 is 5.07. The van der Waals surface area contributed by atoms with Gasteiger partial charge in [-0.1, -0.05) is 6.92 Å². The number of nitrogens with one attached hydrogen (secondary N) is 1. The van der Waals surface area contributed by atoms with Crippen molar-refractivity contribution in [1.29, 1.82) is 0 Å². The van der Waals surface area contributed by atoms with Gasteiger partial charge in [-0.3, -0.25) is 0 Å². The lowest BCUT2D eigenvalue weighted by molar-refractivity contribution is 0.105. The number of hydrogen-bond acceptors (Lipinski definition) is 3. The van der Waals surface area contributed by atoms with Crippen LogP contribution in [0.4, 0.5) is 4.79 Å². The van der Waals surface area contributed by atoms with E-state index in [1.807, 2.05) is 27.9 Å². The van der Waals surface area contributed by atoms with E-state index in [0.29, 0.717) is 6.54 Å². The van der Waals surface area contributed by atoms with Crippen molar-refractivity contribution in [3.63, 3.8) is 0 Å². The highest BCUT2D eigenvalue weighted by Crippen LogP contribution is 1.96. The van der Waals surface area contributed by atoms with Gasteiger partial charge >= 0.3 is 6.09 Å². The van der Waals surface area contributed by atoms with Gasteiger partial charge in [0, 0.05) is 6.54 Å². The number of hydrogen-bond donors (Lipinski definition) is 1. The van der Waals surface area contributed by atoms with Crippen LogP contribution in [0.1, 0.15) is 33.1 Å². The maximum atomic E-state index is 11.2. The van der Waals surface area contributed by atoms with Crippen LogP contribution in [0.15, 0.2) is 0 Å². The molecule has 0 saturated heterocycles. The first-order chi connectivity index (χ1) is 7.06. The molecule has 90 valence electrons. The SMILES string of the molecule is CCC(C)OC(=O)NCCCCN(C)C. The van der Waals surface area contributed by atoms with E-state index in [4.69, 9.17) is 4.74 Å². The van der Waals surface area contributed by atoms with Crippen molar-refractivity contribution >= 4 is 6.09 Å². The Kier molecular flexibility index (Phi) is 8.09. The molecule has 4 heteroatoms. The summed E-state index contributed by atoms with van der Waals surface area (Å²) in [4.78, 5) is 13.3. The fourth-order valence-electron chi connectivity index (χ4n) is 1.05. The highest BCUT2D eigenvalue weighted by atomic mass is 16.6. The molecule has 0 aromatic rings. The Morgan fingerprint density at radius 3 is 2.60 bits per heavy atom. The molecule has 0 saturated carbocycles. The molecular weight excluding hydrogens is 192 g/mol. The summed E-state index contributed by atoms with van der Waals surface area (Å²) in [5.74, 6) is 0. The predicted molar refractivity (Wildman–Crippen MR) is 62.0 cm³/mol. The van der Waals surface area contributed by atoms with Gasteiger partial charge in [0.1, 0.15) is 6.10 Å². The molecule has 0 spiro atoms. The molecule has 1 atom stereocenters. The largest absolute Gasteiger partial charge is 0.447 e. The van der Waals surface area contributed by atoms with Crippen LogP contribution in [0, 0.1) is 0 Å². The second-order valence-electron chi connectivity index (χ2n) is 4.06. The zero-order valence-corrected chi connectivity index (χ0v) is 10.4. The molecule has 15 heavy (non-hydrogen) atoms. The van der Waals surface area contributed by atoms with Crippen LogP contribution >= 0.6 is 0 Å². The van der Waals surface area contributed by atoms with Crippen molar-refractivity contribution in [1.82, 2.24) is 10.2 Å². The maximum Gasteiger partial charge on any atom is 0.407 e.